The average molecular weight is 226 g/mol. The van der Waals surface area contributed by atoms with Crippen LogP contribution in [0.1, 0.15) is 18.4 Å². The van der Waals surface area contributed by atoms with Crippen LogP contribution in [0.2, 0.25) is 0 Å². The molecule has 2 heteroatoms. The van der Waals surface area contributed by atoms with Gasteiger partial charge in [0.15, 0.2) is 0 Å². The van der Waals surface area contributed by atoms with Crippen molar-refractivity contribution in [3.63, 3.8) is 0 Å². The van der Waals surface area contributed by atoms with E-state index in [0.717, 1.165) is 4.47 Å². The number of nitrogens with one attached hydrogen (secondary N) is 1. The predicted molar refractivity (Wildman–Crippen MR) is 54.1 cm³/mol. The van der Waals surface area contributed by atoms with Gasteiger partial charge < -0.3 is 5.32 Å². The van der Waals surface area contributed by atoms with Crippen molar-refractivity contribution in [2.45, 2.75) is 18.4 Å². The molecule has 1 aliphatic rings. The molecule has 1 nitrogen and oxygen atoms in total. The molecule has 0 heterocycles. The van der Waals surface area contributed by atoms with E-state index in [-0.39, 0.29) is 0 Å². The summed E-state index contributed by atoms with van der Waals surface area (Å²) in [7, 11) is 2.04. The Kier molecular flexibility index (Phi) is 1.97. The first-order valence-corrected chi connectivity index (χ1v) is 5.01. The van der Waals surface area contributed by atoms with Gasteiger partial charge in [-0.2, -0.15) is 0 Å². The number of hydrogen-bond donors (Lipinski definition) is 1. The van der Waals surface area contributed by atoms with Crippen LogP contribution in [0.4, 0.5) is 0 Å². The molecule has 0 unspecified atom stereocenters. The van der Waals surface area contributed by atoms with Crippen LogP contribution in [0, 0.1) is 0 Å². The van der Waals surface area contributed by atoms with Gasteiger partial charge >= 0.3 is 0 Å². The first kappa shape index (κ1) is 8.27. The third kappa shape index (κ3) is 1.29. The van der Waals surface area contributed by atoms with Crippen LogP contribution in [-0.4, -0.2) is 7.05 Å². The molecule has 64 valence electrons. The molecule has 0 bridgehead atoms. The number of benzene rings is 1. The maximum Gasteiger partial charge on any atom is 0.0433 e. The van der Waals surface area contributed by atoms with Crippen molar-refractivity contribution in [1.82, 2.24) is 5.32 Å². The van der Waals surface area contributed by atoms with E-state index in [4.69, 9.17) is 0 Å². The van der Waals surface area contributed by atoms with Gasteiger partial charge in [-0.1, -0.05) is 28.1 Å². The molecule has 0 saturated heterocycles. The SMILES string of the molecule is CNC1(c2ccc(Br)cc2)CC1. The van der Waals surface area contributed by atoms with Crippen molar-refractivity contribution in [1.29, 1.82) is 0 Å². The van der Waals surface area contributed by atoms with Crippen LogP contribution in [0.5, 0.6) is 0 Å². The van der Waals surface area contributed by atoms with Gasteiger partial charge in [-0.05, 0) is 37.6 Å². The van der Waals surface area contributed by atoms with Crippen LogP contribution in [-0.2, 0) is 5.54 Å². The summed E-state index contributed by atoms with van der Waals surface area (Å²) in [6, 6.07) is 8.58. The van der Waals surface area contributed by atoms with Gasteiger partial charge in [0.1, 0.15) is 0 Å². The maximum atomic E-state index is 3.43. The predicted octanol–water partition coefficient (Wildman–Crippen LogP) is 2.66. The summed E-state index contributed by atoms with van der Waals surface area (Å²) in [5, 5.41) is 3.37. The zero-order valence-electron chi connectivity index (χ0n) is 7.10. The zero-order valence-corrected chi connectivity index (χ0v) is 8.69. The number of rotatable bonds is 2. The van der Waals surface area contributed by atoms with Crippen LogP contribution < -0.4 is 5.32 Å². The highest BCUT2D eigenvalue weighted by atomic mass is 79.9. The second-order valence-corrected chi connectivity index (χ2v) is 4.25. The Morgan fingerprint density at radius 3 is 2.25 bits per heavy atom. The highest BCUT2D eigenvalue weighted by Gasteiger charge is 2.42. The third-order valence-corrected chi connectivity index (χ3v) is 3.15. The minimum atomic E-state index is 0.306. The standard InChI is InChI=1S/C10H12BrN/c1-12-10(6-7-10)8-2-4-9(11)5-3-8/h2-5,12H,6-7H2,1H3. The lowest BCUT2D eigenvalue weighted by Crippen LogP contribution is -2.24. The second kappa shape index (κ2) is 2.86. The molecule has 2 rings (SSSR count). The van der Waals surface area contributed by atoms with Crippen molar-refractivity contribution in [3.8, 4) is 0 Å². The Balaban J connectivity index is 2.29. The molecule has 1 aliphatic carbocycles. The normalized spacial score (nSPS) is 19.2. The lowest BCUT2D eigenvalue weighted by Gasteiger charge is -2.13. The van der Waals surface area contributed by atoms with E-state index in [1.54, 1.807) is 0 Å². The van der Waals surface area contributed by atoms with Crippen molar-refractivity contribution in [2.24, 2.45) is 0 Å². The minimum Gasteiger partial charge on any atom is -0.310 e. The van der Waals surface area contributed by atoms with E-state index in [1.807, 2.05) is 7.05 Å². The van der Waals surface area contributed by atoms with Crippen molar-refractivity contribution in [2.75, 3.05) is 7.05 Å². The number of hydrogen-bond acceptors (Lipinski definition) is 1. The summed E-state index contributed by atoms with van der Waals surface area (Å²) in [5.74, 6) is 0. The van der Waals surface area contributed by atoms with E-state index in [0.29, 0.717) is 5.54 Å². The summed E-state index contributed by atoms with van der Waals surface area (Å²) in [5.41, 5.74) is 1.72. The Hall–Kier alpha value is -0.340. The van der Waals surface area contributed by atoms with Gasteiger partial charge in [0.25, 0.3) is 0 Å². The fourth-order valence-corrected chi connectivity index (χ4v) is 1.84. The van der Waals surface area contributed by atoms with Crippen molar-refractivity contribution < 1.29 is 0 Å². The molecule has 0 amide bonds. The van der Waals surface area contributed by atoms with Crippen LogP contribution in [0.3, 0.4) is 0 Å². The highest BCUT2D eigenvalue weighted by Crippen LogP contribution is 2.45. The van der Waals surface area contributed by atoms with Gasteiger partial charge in [-0.25, -0.2) is 0 Å². The van der Waals surface area contributed by atoms with Crippen molar-refractivity contribution in [3.05, 3.63) is 34.3 Å². The van der Waals surface area contributed by atoms with E-state index < -0.39 is 0 Å². The quantitative estimate of drug-likeness (QED) is 0.817. The molecule has 0 aromatic heterocycles. The van der Waals surface area contributed by atoms with Crippen molar-refractivity contribution >= 4 is 15.9 Å². The van der Waals surface area contributed by atoms with Crippen LogP contribution in [0.25, 0.3) is 0 Å². The fourth-order valence-electron chi connectivity index (χ4n) is 1.58. The molecule has 12 heavy (non-hydrogen) atoms. The van der Waals surface area contributed by atoms with Gasteiger partial charge in [0, 0.05) is 10.0 Å². The molecular weight excluding hydrogens is 214 g/mol. The maximum absolute atomic E-state index is 3.43. The molecule has 0 spiro atoms. The van der Waals surface area contributed by atoms with E-state index in [2.05, 4.69) is 45.5 Å². The largest absolute Gasteiger partial charge is 0.310 e. The minimum absolute atomic E-state index is 0.306. The highest BCUT2D eigenvalue weighted by molar-refractivity contribution is 9.10. The lowest BCUT2D eigenvalue weighted by atomic mass is 10.1. The lowest BCUT2D eigenvalue weighted by molar-refractivity contribution is 0.585. The molecule has 1 fully saturated rings. The van der Waals surface area contributed by atoms with E-state index in [1.165, 1.54) is 18.4 Å². The van der Waals surface area contributed by atoms with Crippen LogP contribution in [0.15, 0.2) is 28.7 Å². The van der Waals surface area contributed by atoms with E-state index >= 15 is 0 Å². The average Bonchev–Trinajstić information content (AvgIpc) is 2.86. The molecule has 1 aromatic rings. The zero-order chi connectivity index (χ0) is 8.60. The summed E-state index contributed by atoms with van der Waals surface area (Å²) in [6.45, 7) is 0. The first-order valence-electron chi connectivity index (χ1n) is 4.22. The topological polar surface area (TPSA) is 12.0 Å². The monoisotopic (exact) mass is 225 g/mol. The Morgan fingerprint density at radius 1 is 1.25 bits per heavy atom. The summed E-state index contributed by atoms with van der Waals surface area (Å²) < 4.78 is 1.15. The van der Waals surface area contributed by atoms with E-state index in [9.17, 15) is 0 Å². The van der Waals surface area contributed by atoms with Gasteiger partial charge in [-0.15, -0.1) is 0 Å². The Labute approximate surface area is 81.3 Å². The summed E-state index contributed by atoms with van der Waals surface area (Å²) >= 11 is 3.43. The Morgan fingerprint density at radius 2 is 1.83 bits per heavy atom. The third-order valence-electron chi connectivity index (χ3n) is 2.63. The fraction of sp³-hybridized carbons (Fsp3) is 0.400. The number of halogens is 1. The molecule has 1 saturated carbocycles. The van der Waals surface area contributed by atoms with Gasteiger partial charge in [-0.3, -0.25) is 0 Å². The van der Waals surface area contributed by atoms with Gasteiger partial charge in [0.2, 0.25) is 0 Å². The Bertz CT molecular complexity index is 274. The first-order chi connectivity index (χ1) is 5.77. The summed E-state index contributed by atoms with van der Waals surface area (Å²) in [4.78, 5) is 0. The molecule has 0 atom stereocenters. The summed E-state index contributed by atoms with van der Waals surface area (Å²) in [6.07, 6.45) is 2.54. The second-order valence-electron chi connectivity index (χ2n) is 3.34. The van der Waals surface area contributed by atoms with Crippen LogP contribution >= 0.6 is 15.9 Å². The molecule has 1 aromatic carbocycles. The smallest absolute Gasteiger partial charge is 0.0433 e. The molecule has 0 aliphatic heterocycles. The van der Waals surface area contributed by atoms with Gasteiger partial charge in [0.05, 0.1) is 0 Å². The molecular formula is C10H12BrN. The molecule has 0 radical (unpaired) electrons. The molecule has 1 N–H and O–H groups in total.